The van der Waals surface area contributed by atoms with Gasteiger partial charge in [-0.1, -0.05) is 13.0 Å². The SMILES string of the molecule is Cc1ccc(NC(=O)Cn2ccn3nc4c(c3c2=O)CC(C)CC4)cc1C. The largest absolute Gasteiger partial charge is 0.325 e. The molecule has 1 aliphatic rings. The second kappa shape index (κ2) is 6.68. The third-order valence-electron chi connectivity index (χ3n) is 5.47. The molecule has 0 saturated heterocycles. The van der Waals surface area contributed by atoms with E-state index in [9.17, 15) is 9.59 Å². The number of fused-ring (bicyclic) bond motifs is 3. The highest BCUT2D eigenvalue weighted by Gasteiger charge is 2.23. The summed E-state index contributed by atoms with van der Waals surface area (Å²) in [5.74, 6) is 0.332. The first-order chi connectivity index (χ1) is 12.9. The lowest BCUT2D eigenvalue weighted by atomic mass is 9.88. The molecule has 0 spiro atoms. The van der Waals surface area contributed by atoms with Crippen LogP contribution in [0.4, 0.5) is 5.69 Å². The topological polar surface area (TPSA) is 68.4 Å². The van der Waals surface area contributed by atoms with E-state index in [1.165, 1.54) is 10.1 Å². The molecule has 0 bridgehead atoms. The smallest absolute Gasteiger partial charge is 0.277 e. The van der Waals surface area contributed by atoms with Crippen LogP contribution in [0.15, 0.2) is 35.4 Å². The van der Waals surface area contributed by atoms with Crippen molar-refractivity contribution in [3.63, 3.8) is 0 Å². The minimum atomic E-state index is -0.216. The molecule has 0 saturated carbocycles. The third kappa shape index (κ3) is 3.27. The van der Waals surface area contributed by atoms with Crippen LogP contribution in [0, 0.1) is 19.8 Å². The molecule has 2 heterocycles. The Morgan fingerprint density at radius 3 is 2.85 bits per heavy atom. The van der Waals surface area contributed by atoms with Crippen LogP contribution in [0.3, 0.4) is 0 Å². The summed E-state index contributed by atoms with van der Waals surface area (Å²) in [7, 11) is 0. The van der Waals surface area contributed by atoms with E-state index in [2.05, 4.69) is 17.3 Å². The van der Waals surface area contributed by atoms with E-state index in [1.54, 1.807) is 16.9 Å². The van der Waals surface area contributed by atoms with Crippen LogP contribution < -0.4 is 10.9 Å². The second-order valence-electron chi connectivity index (χ2n) is 7.64. The van der Waals surface area contributed by atoms with Gasteiger partial charge in [-0.2, -0.15) is 5.10 Å². The number of rotatable bonds is 3. The molecular weight excluding hydrogens is 340 g/mol. The van der Waals surface area contributed by atoms with Gasteiger partial charge < -0.3 is 9.88 Å². The first kappa shape index (κ1) is 17.5. The van der Waals surface area contributed by atoms with E-state index in [4.69, 9.17) is 0 Å². The fourth-order valence-corrected chi connectivity index (χ4v) is 3.75. The summed E-state index contributed by atoms with van der Waals surface area (Å²) in [6, 6.07) is 5.79. The fourth-order valence-electron chi connectivity index (χ4n) is 3.75. The Hall–Kier alpha value is -2.89. The summed E-state index contributed by atoms with van der Waals surface area (Å²) in [4.78, 5) is 25.4. The highest BCUT2D eigenvalue weighted by molar-refractivity contribution is 5.90. The maximum absolute atomic E-state index is 13.0. The Labute approximate surface area is 157 Å². The molecule has 3 aromatic rings. The number of carbonyl (C=O) groups excluding carboxylic acids is 1. The maximum Gasteiger partial charge on any atom is 0.277 e. The number of aryl methyl sites for hydroxylation is 3. The molecule has 0 aliphatic heterocycles. The van der Waals surface area contributed by atoms with Gasteiger partial charge in [0.15, 0.2) is 0 Å². The summed E-state index contributed by atoms with van der Waals surface area (Å²) < 4.78 is 3.13. The van der Waals surface area contributed by atoms with E-state index in [-0.39, 0.29) is 18.0 Å². The van der Waals surface area contributed by atoms with Crippen molar-refractivity contribution in [2.45, 2.75) is 46.6 Å². The maximum atomic E-state index is 13.0. The number of carbonyl (C=O) groups is 1. The van der Waals surface area contributed by atoms with Gasteiger partial charge >= 0.3 is 0 Å². The normalized spacial score (nSPS) is 16.3. The molecular formula is C21H24N4O2. The van der Waals surface area contributed by atoms with Crippen molar-refractivity contribution in [3.05, 3.63) is 63.3 Å². The summed E-state index contributed by atoms with van der Waals surface area (Å²) >= 11 is 0. The van der Waals surface area contributed by atoms with Crippen LogP contribution in [-0.4, -0.2) is 20.1 Å². The average molecular weight is 364 g/mol. The first-order valence-corrected chi connectivity index (χ1v) is 9.39. The Kier molecular flexibility index (Phi) is 4.34. The van der Waals surface area contributed by atoms with Gasteiger partial charge in [-0.3, -0.25) is 9.59 Å². The van der Waals surface area contributed by atoms with Crippen molar-refractivity contribution >= 4 is 17.1 Å². The molecule has 2 aromatic heterocycles. The standard InChI is InChI=1S/C21H24N4O2/c1-13-4-7-18-17(10-13)20-21(27)24(8-9-25(20)23-18)12-19(26)22-16-6-5-14(2)15(3)11-16/h5-6,8-9,11,13H,4,7,10,12H2,1-3H3,(H,22,26). The summed E-state index contributed by atoms with van der Waals surface area (Å²) in [6.45, 7) is 6.22. The van der Waals surface area contributed by atoms with Crippen molar-refractivity contribution in [2.75, 3.05) is 5.32 Å². The Bertz CT molecular complexity index is 1090. The van der Waals surface area contributed by atoms with Crippen LogP contribution in [0.2, 0.25) is 0 Å². The van der Waals surface area contributed by atoms with E-state index in [0.29, 0.717) is 11.4 Å². The molecule has 1 aromatic carbocycles. The van der Waals surface area contributed by atoms with Gasteiger partial charge in [0.25, 0.3) is 5.56 Å². The lowest BCUT2D eigenvalue weighted by Gasteiger charge is -2.16. The van der Waals surface area contributed by atoms with E-state index in [1.807, 2.05) is 32.0 Å². The molecule has 1 amide bonds. The minimum Gasteiger partial charge on any atom is -0.325 e. The predicted octanol–water partition coefficient (Wildman–Crippen LogP) is 2.88. The average Bonchev–Trinajstić information content (AvgIpc) is 2.99. The quantitative estimate of drug-likeness (QED) is 0.777. The van der Waals surface area contributed by atoms with Crippen molar-refractivity contribution in [1.82, 2.24) is 14.2 Å². The van der Waals surface area contributed by atoms with E-state index < -0.39 is 0 Å². The molecule has 1 N–H and O–H groups in total. The van der Waals surface area contributed by atoms with Gasteiger partial charge in [0.1, 0.15) is 12.1 Å². The van der Waals surface area contributed by atoms with Crippen molar-refractivity contribution < 1.29 is 4.79 Å². The number of hydrogen-bond donors (Lipinski definition) is 1. The zero-order chi connectivity index (χ0) is 19.1. The number of amides is 1. The Morgan fingerprint density at radius 2 is 2.07 bits per heavy atom. The van der Waals surface area contributed by atoms with Gasteiger partial charge in [-0.05, 0) is 62.3 Å². The number of hydrogen-bond acceptors (Lipinski definition) is 3. The number of aromatic nitrogens is 3. The number of benzene rings is 1. The molecule has 1 unspecified atom stereocenters. The lowest BCUT2D eigenvalue weighted by molar-refractivity contribution is -0.116. The van der Waals surface area contributed by atoms with Crippen molar-refractivity contribution in [3.8, 4) is 0 Å². The predicted molar refractivity (Wildman–Crippen MR) is 105 cm³/mol. The fraction of sp³-hybridized carbons (Fsp3) is 0.381. The number of anilines is 1. The van der Waals surface area contributed by atoms with Crippen molar-refractivity contribution in [2.24, 2.45) is 5.92 Å². The van der Waals surface area contributed by atoms with Crippen LogP contribution in [0.5, 0.6) is 0 Å². The van der Waals surface area contributed by atoms with Gasteiger partial charge in [0.2, 0.25) is 5.91 Å². The number of nitrogens with zero attached hydrogens (tertiary/aromatic N) is 3. The number of nitrogens with one attached hydrogen (secondary N) is 1. The molecule has 0 radical (unpaired) electrons. The van der Waals surface area contributed by atoms with Crippen LogP contribution in [-0.2, 0) is 24.2 Å². The molecule has 0 fully saturated rings. The second-order valence-corrected chi connectivity index (χ2v) is 7.64. The molecule has 140 valence electrons. The molecule has 6 heteroatoms. The monoisotopic (exact) mass is 364 g/mol. The zero-order valence-electron chi connectivity index (χ0n) is 16.0. The summed E-state index contributed by atoms with van der Waals surface area (Å²) in [6.07, 6.45) is 6.28. The summed E-state index contributed by atoms with van der Waals surface area (Å²) in [5, 5.41) is 7.43. The lowest BCUT2D eigenvalue weighted by Crippen LogP contribution is -2.28. The van der Waals surface area contributed by atoms with E-state index >= 15 is 0 Å². The van der Waals surface area contributed by atoms with Gasteiger partial charge in [-0.25, -0.2) is 4.52 Å². The molecule has 4 rings (SSSR count). The Morgan fingerprint density at radius 1 is 1.26 bits per heavy atom. The molecule has 6 nitrogen and oxygen atoms in total. The molecule has 1 atom stereocenters. The van der Waals surface area contributed by atoms with Crippen LogP contribution >= 0.6 is 0 Å². The minimum absolute atomic E-state index is 0.0161. The Balaban J connectivity index is 1.61. The molecule has 27 heavy (non-hydrogen) atoms. The zero-order valence-corrected chi connectivity index (χ0v) is 16.0. The summed E-state index contributed by atoms with van der Waals surface area (Å²) in [5.41, 5.74) is 5.55. The highest BCUT2D eigenvalue weighted by atomic mass is 16.2. The first-order valence-electron chi connectivity index (χ1n) is 9.39. The van der Waals surface area contributed by atoms with E-state index in [0.717, 1.165) is 41.8 Å². The van der Waals surface area contributed by atoms with Crippen LogP contribution in [0.25, 0.3) is 5.52 Å². The van der Waals surface area contributed by atoms with Gasteiger partial charge in [-0.15, -0.1) is 0 Å². The van der Waals surface area contributed by atoms with Gasteiger partial charge in [0, 0.05) is 23.6 Å². The molecule has 1 aliphatic carbocycles. The third-order valence-corrected chi connectivity index (χ3v) is 5.47. The van der Waals surface area contributed by atoms with Crippen molar-refractivity contribution in [1.29, 1.82) is 0 Å². The highest BCUT2D eigenvalue weighted by Crippen LogP contribution is 2.26. The van der Waals surface area contributed by atoms with Gasteiger partial charge in [0.05, 0.1) is 5.69 Å². The van der Waals surface area contributed by atoms with Crippen LogP contribution in [0.1, 0.15) is 35.7 Å².